The zero-order chi connectivity index (χ0) is 26.2. The van der Waals surface area contributed by atoms with Gasteiger partial charge in [0.15, 0.2) is 0 Å². The van der Waals surface area contributed by atoms with E-state index in [0.29, 0.717) is 25.9 Å². The smallest absolute Gasteiger partial charge is 0.409 e. The molecule has 1 aliphatic heterocycles. The van der Waals surface area contributed by atoms with Gasteiger partial charge in [-0.05, 0) is 60.7 Å². The molecule has 8 heteroatoms. The fraction of sp³-hybridized carbons (Fsp3) is 0.310. The second-order valence-electron chi connectivity index (χ2n) is 9.07. The third-order valence-corrected chi connectivity index (χ3v) is 6.63. The minimum atomic E-state index is -0.705. The Morgan fingerprint density at radius 3 is 2.11 bits per heavy atom. The number of urea groups is 1. The zero-order valence-electron chi connectivity index (χ0n) is 20.7. The van der Waals surface area contributed by atoms with E-state index < -0.39 is 12.3 Å². The molecule has 3 amide bonds. The number of nitrogens with one attached hydrogen (secondary N) is 2. The normalized spacial score (nSPS) is 17.4. The lowest BCUT2D eigenvalue weighted by atomic mass is 9.75. The third kappa shape index (κ3) is 6.64. The van der Waals surface area contributed by atoms with Crippen LogP contribution in [-0.2, 0) is 11.3 Å². The van der Waals surface area contributed by atoms with Gasteiger partial charge < -0.3 is 20.3 Å². The van der Waals surface area contributed by atoms with Crippen molar-refractivity contribution in [2.24, 2.45) is 5.92 Å². The highest BCUT2D eigenvalue weighted by Gasteiger charge is 2.41. The third-order valence-electron chi connectivity index (χ3n) is 6.63. The van der Waals surface area contributed by atoms with Gasteiger partial charge in [-0.15, -0.1) is 0 Å². The largest absolute Gasteiger partial charge is 0.445 e. The van der Waals surface area contributed by atoms with Crippen LogP contribution in [0.2, 0.25) is 0 Å². The van der Waals surface area contributed by atoms with Crippen LogP contribution in [0.3, 0.4) is 0 Å². The number of halogens is 2. The molecule has 2 N–H and O–H groups in total. The summed E-state index contributed by atoms with van der Waals surface area (Å²) >= 11 is 0. The summed E-state index contributed by atoms with van der Waals surface area (Å²) in [6, 6.07) is 21.3. The van der Waals surface area contributed by atoms with E-state index in [-0.39, 0.29) is 36.1 Å². The molecule has 37 heavy (non-hydrogen) atoms. The van der Waals surface area contributed by atoms with Crippen molar-refractivity contribution in [1.29, 1.82) is 0 Å². The van der Waals surface area contributed by atoms with Gasteiger partial charge in [-0.3, -0.25) is 0 Å². The fourth-order valence-corrected chi connectivity index (χ4v) is 4.95. The molecule has 4 rings (SSSR count). The number of likely N-dealkylation sites (tertiary alicyclic amines) is 1. The monoisotopic (exact) mass is 507 g/mol. The molecule has 1 heterocycles. The predicted octanol–water partition coefficient (Wildman–Crippen LogP) is 5.79. The first-order valence-corrected chi connectivity index (χ1v) is 12.5. The van der Waals surface area contributed by atoms with Crippen molar-refractivity contribution in [1.82, 2.24) is 15.5 Å². The summed E-state index contributed by atoms with van der Waals surface area (Å²) in [7, 11) is 0. The maximum absolute atomic E-state index is 13.8. The van der Waals surface area contributed by atoms with E-state index in [1.165, 1.54) is 24.3 Å². The number of piperidine rings is 1. The molecule has 2 atom stereocenters. The van der Waals surface area contributed by atoms with Gasteiger partial charge in [-0.25, -0.2) is 18.4 Å². The minimum absolute atomic E-state index is 0.0879. The molecular formula is C29H31F2N3O3. The lowest BCUT2D eigenvalue weighted by Gasteiger charge is -2.44. The summed E-state index contributed by atoms with van der Waals surface area (Å²) < 4.78 is 33.1. The van der Waals surface area contributed by atoms with Crippen molar-refractivity contribution in [3.05, 3.63) is 107 Å². The van der Waals surface area contributed by atoms with Crippen LogP contribution < -0.4 is 10.6 Å². The molecule has 3 aromatic carbocycles. The van der Waals surface area contributed by atoms with Gasteiger partial charge >= 0.3 is 12.1 Å². The lowest BCUT2D eigenvalue weighted by Crippen LogP contribution is -2.60. The first kappa shape index (κ1) is 26.1. The number of carbonyl (C=O) groups is 2. The molecule has 3 aromatic rings. The van der Waals surface area contributed by atoms with Crippen molar-refractivity contribution in [2.75, 3.05) is 13.1 Å². The number of carbonyl (C=O) groups excluding carboxylic acids is 2. The second-order valence-corrected chi connectivity index (χ2v) is 9.07. The van der Waals surface area contributed by atoms with Crippen LogP contribution in [0.4, 0.5) is 18.4 Å². The van der Waals surface area contributed by atoms with Crippen molar-refractivity contribution in [2.45, 2.75) is 38.5 Å². The number of rotatable bonds is 7. The number of nitrogens with zero attached hydrogens (tertiary/aromatic N) is 1. The number of alkyl carbamates (subject to hydrolysis) is 1. The van der Waals surface area contributed by atoms with E-state index in [1.54, 1.807) is 29.2 Å². The number of hydrogen-bond donors (Lipinski definition) is 2. The standard InChI is InChI=1S/C29H31F2N3O3/c1-2-32-28(35)34-18-6-9-25(27(34)33-29(36)37-19-20-7-4-3-5-8-20)26(21-10-14-23(30)15-11-21)22-12-16-24(31)17-13-22/h3-5,7-8,10-17,25-27H,2,6,9,18-19H2,1H3,(H,32,35)(H,33,36)/t25-,27-/m1/s1. The molecule has 1 aliphatic rings. The van der Waals surface area contributed by atoms with Gasteiger partial charge in [-0.2, -0.15) is 0 Å². The highest BCUT2D eigenvalue weighted by Crippen LogP contribution is 2.40. The number of amides is 3. The maximum Gasteiger partial charge on any atom is 0.409 e. The molecule has 0 unspecified atom stereocenters. The summed E-state index contributed by atoms with van der Waals surface area (Å²) in [5, 5.41) is 5.75. The average Bonchev–Trinajstić information content (AvgIpc) is 2.91. The topological polar surface area (TPSA) is 70.7 Å². The second kappa shape index (κ2) is 12.3. The van der Waals surface area contributed by atoms with Gasteiger partial charge in [0.2, 0.25) is 0 Å². The van der Waals surface area contributed by atoms with E-state index in [0.717, 1.165) is 16.7 Å². The van der Waals surface area contributed by atoms with E-state index in [9.17, 15) is 18.4 Å². The molecule has 0 saturated carbocycles. The molecular weight excluding hydrogens is 476 g/mol. The Labute approximate surface area is 215 Å². The van der Waals surface area contributed by atoms with E-state index in [2.05, 4.69) is 10.6 Å². The Morgan fingerprint density at radius 1 is 0.946 bits per heavy atom. The molecule has 0 bridgehead atoms. The molecule has 1 fully saturated rings. The Morgan fingerprint density at radius 2 is 1.54 bits per heavy atom. The Bertz CT molecular complexity index is 1130. The Hall–Kier alpha value is -3.94. The summed E-state index contributed by atoms with van der Waals surface area (Å²) in [4.78, 5) is 27.6. The quantitative estimate of drug-likeness (QED) is 0.425. The number of hydrogen-bond acceptors (Lipinski definition) is 3. The van der Waals surface area contributed by atoms with Crippen molar-refractivity contribution >= 4 is 12.1 Å². The van der Waals surface area contributed by atoms with Gasteiger partial charge in [0, 0.05) is 24.9 Å². The van der Waals surface area contributed by atoms with Crippen LogP contribution in [0, 0.1) is 17.6 Å². The lowest BCUT2D eigenvalue weighted by molar-refractivity contribution is 0.0698. The first-order chi connectivity index (χ1) is 18.0. The molecule has 194 valence electrons. The van der Waals surface area contributed by atoms with Crippen LogP contribution in [-0.4, -0.2) is 36.3 Å². The first-order valence-electron chi connectivity index (χ1n) is 12.5. The molecule has 1 saturated heterocycles. The molecule has 0 radical (unpaired) electrons. The summed E-state index contributed by atoms with van der Waals surface area (Å²) in [5.74, 6) is -1.35. The van der Waals surface area contributed by atoms with Crippen molar-refractivity contribution in [3.8, 4) is 0 Å². The van der Waals surface area contributed by atoms with Crippen LogP contribution in [0.25, 0.3) is 0 Å². The maximum atomic E-state index is 13.8. The highest BCUT2D eigenvalue weighted by molar-refractivity contribution is 5.76. The minimum Gasteiger partial charge on any atom is -0.445 e. The summed E-state index contributed by atoms with van der Waals surface area (Å²) in [6.45, 7) is 2.80. The van der Waals surface area contributed by atoms with Crippen molar-refractivity contribution < 1.29 is 23.1 Å². The van der Waals surface area contributed by atoms with Gasteiger partial charge in [0.1, 0.15) is 24.4 Å². The van der Waals surface area contributed by atoms with Crippen molar-refractivity contribution in [3.63, 3.8) is 0 Å². The molecule has 6 nitrogen and oxygen atoms in total. The summed E-state index contributed by atoms with van der Waals surface area (Å²) in [5.41, 5.74) is 2.45. The molecule has 0 spiro atoms. The van der Waals surface area contributed by atoms with E-state index in [4.69, 9.17) is 4.74 Å². The van der Waals surface area contributed by atoms with Gasteiger partial charge in [-0.1, -0.05) is 54.6 Å². The van der Waals surface area contributed by atoms with Crippen LogP contribution in [0.15, 0.2) is 78.9 Å². The Kier molecular flexibility index (Phi) is 8.72. The molecule has 0 aromatic heterocycles. The zero-order valence-corrected chi connectivity index (χ0v) is 20.7. The Balaban J connectivity index is 1.67. The van der Waals surface area contributed by atoms with Crippen LogP contribution in [0.1, 0.15) is 42.4 Å². The summed E-state index contributed by atoms with van der Waals surface area (Å²) in [6.07, 6.45) is 0.0346. The predicted molar refractivity (Wildman–Crippen MR) is 137 cm³/mol. The van der Waals surface area contributed by atoms with Crippen LogP contribution in [0.5, 0.6) is 0 Å². The highest BCUT2D eigenvalue weighted by atomic mass is 19.1. The SMILES string of the molecule is CCNC(=O)N1CCC[C@H](C(c2ccc(F)cc2)c2ccc(F)cc2)[C@@H]1NC(=O)OCc1ccccc1. The van der Waals surface area contributed by atoms with E-state index >= 15 is 0 Å². The van der Waals surface area contributed by atoms with Crippen LogP contribution >= 0.6 is 0 Å². The van der Waals surface area contributed by atoms with Gasteiger partial charge in [0.25, 0.3) is 0 Å². The van der Waals surface area contributed by atoms with Gasteiger partial charge in [0.05, 0.1) is 0 Å². The fourth-order valence-electron chi connectivity index (χ4n) is 4.95. The number of benzene rings is 3. The number of ether oxygens (including phenoxy) is 1. The molecule has 0 aliphatic carbocycles. The average molecular weight is 508 g/mol. The van der Waals surface area contributed by atoms with E-state index in [1.807, 2.05) is 37.3 Å².